The van der Waals surface area contributed by atoms with Crippen LogP contribution in [0.3, 0.4) is 0 Å². The third-order valence-corrected chi connectivity index (χ3v) is 15.8. The van der Waals surface area contributed by atoms with Gasteiger partial charge in [-0.15, -0.1) is 0 Å². The normalized spacial score (nSPS) is 12.0. The predicted molar refractivity (Wildman–Crippen MR) is 67.7 cm³/mol. The first-order valence-electron chi connectivity index (χ1n) is 6.32. The van der Waals surface area contributed by atoms with Gasteiger partial charge in [0.25, 0.3) is 0 Å². The van der Waals surface area contributed by atoms with Gasteiger partial charge in [0.05, 0.1) is 0 Å². The van der Waals surface area contributed by atoms with E-state index in [-0.39, 0.29) is 0 Å². The van der Waals surface area contributed by atoms with E-state index in [2.05, 4.69) is 27.7 Å². The molecule has 1 nitrogen and oxygen atoms in total. The van der Waals surface area contributed by atoms with Gasteiger partial charge in [-0.25, -0.2) is 0 Å². The van der Waals surface area contributed by atoms with Crippen LogP contribution in [0.4, 0.5) is 0 Å². The van der Waals surface area contributed by atoms with Crippen LogP contribution < -0.4 is 0 Å². The molecule has 86 valence electrons. The Morgan fingerprint density at radius 3 is 1.86 bits per heavy atom. The standard InChI is InChI=1S/C12H28GeO/c1-5-9-11-14-12-10-13(6-2,7-3)8-4/h5-12H2,1-4H3. The number of hydrogen-bond acceptors (Lipinski definition) is 1. The third kappa shape index (κ3) is 5.40. The molecule has 0 rings (SSSR count). The van der Waals surface area contributed by atoms with E-state index in [1.165, 1.54) is 33.9 Å². The van der Waals surface area contributed by atoms with Gasteiger partial charge in [-0.3, -0.25) is 0 Å². The van der Waals surface area contributed by atoms with Crippen molar-refractivity contribution in [3.63, 3.8) is 0 Å². The van der Waals surface area contributed by atoms with Gasteiger partial charge in [-0.05, 0) is 0 Å². The number of hydrogen-bond donors (Lipinski definition) is 0. The molecular weight excluding hydrogens is 233 g/mol. The van der Waals surface area contributed by atoms with Crippen molar-refractivity contribution in [2.24, 2.45) is 0 Å². The number of ether oxygens (including phenoxy) is 1. The fourth-order valence-electron chi connectivity index (χ4n) is 1.92. The first-order chi connectivity index (χ1) is 6.74. The summed E-state index contributed by atoms with van der Waals surface area (Å²) in [7, 11) is 0. The van der Waals surface area contributed by atoms with Gasteiger partial charge in [0.2, 0.25) is 0 Å². The molecule has 0 amide bonds. The number of rotatable bonds is 9. The Morgan fingerprint density at radius 2 is 1.43 bits per heavy atom. The van der Waals surface area contributed by atoms with Gasteiger partial charge < -0.3 is 0 Å². The molecule has 0 N–H and O–H groups in total. The second-order valence-electron chi connectivity index (χ2n) is 4.28. The zero-order chi connectivity index (χ0) is 10.9. The van der Waals surface area contributed by atoms with Crippen molar-refractivity contribution in [2.75, 3.05) is 13.2 Å². The summed E-state index contributed by atoms with van der Waals surface area (Å²) in [4.78, 5) is 0. The van der Waals surface area contributed by atoms with Gasteiger partial charge >= 0.3 is 92.8 Å². The average molecular weight is 261 g/mol. The molecule has 0 atom stereocenters. The molecule has 0 aliphatic carbocycles. The van der Waals surface area contributed by atoms with Crippen LogP contribution in [0.15, 0.2) is 0 Å². The van der Waals surface area contributed by atoms with E-state index in [1.54, 1.807) is 0 Å². The Bertz CT molecular complexity index is 113. The van der Waals surface area contributed by atoms with E-state index in [0.717, 1.165) is 13.2 Å². The Balaban J connectivity index is 3.61. The second-order valence-corrected chi connectivity index (χ2v) is 16.1. The Labute approximate surface area is 93.0 Å². The molecule has 0 aliphatic rings. The third-order valence-electron chi connectivity index (χ3n) is 3.67. The summed E-state index contributed by atoms with van der Waals surface area (Å²) in [6.45, 7) is 11.4. The summed E-state index contributed by atoms with van der Waals surface area (Å²) in [5.41, 5.74) is 0. The minimum absolute atomic E-state index is 0.978. The summed E-state index contributed by atoms with van der Waals surface area (Å²) < 4.78 is 5.68. The SMILES string of the molecule is CCCCOC[CH2][Ge]([CH2]C)([CH2]C)[CH2]C. The van der Waals surface area contributed by atoms with Crippen LogP contribution in [0.5, 0.6) is 0 Å². The molecule has 0 heterocycles. The van der Waals surface area contributed by atoms with Crippen LogP contribution in [0.25, 0.3) is 0 Å². The second kappa shape index (κ2) is 8.78. The van der Waals surface area contributed by atoms with Crippen molar-refractivity contribution in [3.8, 4) is 0 Å². The van der Waals surface area contributed by atoms with Crippen LogP contribution >= 0.6 is 0 Å². The van der Waals surface area contributed by atoms with Gasteiger partial charge in [0.15, 0.2) is 0 Å². The zero-order valence-electron chi connectivity index (χ0n) is 10.6. The molecule has 0 unspecified atom stereocenters. The van der Waals surface area contributed by atoms with Crippen molar-refractivity contribution >= 4 is 13.3 Å². The Hall–Kier alpha value is 0.503. The fourth-order valence-corrected chi connectivity index (χ4v) is 8.50. The molecule has 0 bridgehead atoms. The van der Waals surface area contributed by atoms with Crippen LogP contribution in [0.1, 0.15) is 40.5 Å². The molecule has 0 saturated carbocycles. The van der Waals surface area contributed by atoms with Crippen LogP contribution in [-0.4, -0.2) is 26.5 Å². The van der Waals surface area contributed by atoms with E-state index in [4.69, 9.17) is 4.74 Å². The van der Waals surface area contributed by atoms with Gasteiger partial charge in [-0.1, -0.05) is 0 Å². The summed E-state index contributed by atoms with van der Waals surface area (Å²) in [5, 5.41) is 5.85. The van der Waals surface area contributed by atoms with Crippen molar-refractivity contribution in [2.45, 2.75) is 61.5 Å². The summed E-state index contributed by atoms with van der Waals surface area (Å²) in [6, 6.07) is 0. The quantitative estimate of drug-likeness (QED) is 0.443. The predicted octanol–water partition coefficient (Wildman–Crippen LogP) is 4.31. The molecule has 0 aromatic carbocycles. The molecule has 0 aromatic heterocycles. The van der Waals surface area contributed by atoms with Crippen molar-refractivity contribution in [1.29, 1.82) is 0 Å². The maximum atomic E-state index is 5.68. The summed E-state index contributed by atoms with van der Waals surface area (Å²) >= 11 is -1.41. The van der Waals surface area contributed by atoms with Gasteiger partial charge in [0.1, 0.15) is 0 Å². The molecule has 0 saturated heterocycles. The topological polar surface area (TPSA) is 9.23 Å². The first kappa shape index (κ1) is 14.5. The summed E-state index contributed by atoms with van der Waals surface area (Å²) in [6.07, 6.45) is 2.48. The van der Waals surface area contributed by atoms with Gasteiger partial charge in [-0.2, -0.15) is 0 Å². The number of unbranched alkanes of at least 4 members (excludes halogenated alkanes) is 1. The summed E-state index contributed by atoms with van der Waals surface area (Å²) in [5.74, 6) is 0. The molecule has 0 aromatic rings. The molecule has 0 radical (unpaired) electrons. The van der Waals surface area contributed by atoms with E-state index in [1.807, 2.05) is 0 Å². The Kier molecular flexibility index (Phi) is 9.10. The molecular formula is C12H28GeO. The maximum absolute atomic E-state index is 5.68. The van der Waals surface area contributed by atoms with E-state index in [9.17, 15) is 0 Å². The van der Waals surface area contributed by atoms with E-state index < -0.39 is 13.3 Å². The molecule has 2 heteroatoms. The molecule has 0 spiro atoms. The van der Waals surface area contributed by atoms with Crippen LogP contribution in [-0.2, 0) is 4.74 Å². The first-order valence-corrected chi connectivity index (χ1v) is 12.3. The van der Waals surface area contributed by atoms with E-state index in [0.29, 0.717) is 0 Å². The zero-order valence-corrected chi connectivity index (χ0v) is 12.7. The fraction of sp³-hybridized carbons (Fsp3) is 1.00. The van der Waals surface area contributed by atoms with Gasteiger partial charge in [0, 0.05) is 0 Å². The molecule has 14 heavy (non-hydrogen) atoms. The molecule has 0 aliphatic heterocycles. The Morgan fingerprint density at radius 1 is 0.857 bits per heavy atom. The van der Waals surface area contributed by atoms with Crippen LogP contribution in [0.2, 0.25) is 21.0 Å². The monoisotopic (exact) mass is 262 g/mol. The van der Waals surface area contributed by atoms with E-state index >= 15 is 0 Å². The van der Waals surface area contributed by atoms with Crippen LogP contribution in [0, 0.1) is 0 Å². The minimum atomic E-state index is -1.41. The van der Waals surface area contributed by atoms with Crippen molar-refractivity contribution < 1.29 is 4.74 Å². The molecule has 0 fully saturated rings. The average Bonchev–Trinajstić information content (AvgIpc) is 2.24. The van der Waals surface area contributed by atoms with Crippen molar-refractivity contribution in [3.05, 3.63) is 0 Å². The van der Waals surface area contributed by atoms with Crippen molar-refractivity contribution in [1.82, 2.24) is 0 Å².